The van der Waals surface area contributed by atoms with Crippen LogP contribution in [0.25, 0.3) is 0 Å². The molecule has 0 saturated heterocycles. The highest BCUT2D eigenvalue weighted by Crippen LogP contribution is 2.40. The Morgan fingerprint density at radius 2 is 1.81 bits per heavy atom. The minimum atomic E-state index is -3.87. The molecule has 7 nitrogen and oxygen atoms in total. The Morgan fingerprint density at radius 3 is 2.33 bits per heavy atom. The smallest absolute Gasteiger partial charge is 0.321 e. The van der Waals surface area contributed by atoms with E-state index >= 15 is 0 Å². The second-order valence-electron chi connectivity index (χ2n) is 4.65. The summed E-state index contributed by atoms with van der Waals surface area (Å²) in [6.45, 7) is 0. The van der Waals surface area contributed by atoms with Gasteiger partial charge in [0.15, 0.2) is 0 Å². The number of carboxylic acids is 2. The van der Waals surface area contributed by atoms with E-state index in [2.05, 4.69) is 5.09 Å². The molecule has 21 heavy (non-hydrogen) atoms. The van der Waals surface area contributed by atoms with Crippen molar-refractivity contribution in [3.63, 3.8) is 0 Å². The summed E-state index contributed by atoms with van der Waals surface area (Å²) in [5, 5.41) is 19.8. The molecule has 0 fully saturated rings. The van der Waals surface area contributed by atoms with Gasteiger partial charge in [-0.1, -0.05) is 30.3 Å². The molecule has 0 spiro atoms. The van der Waals surface area contributed by atoms with Crippen molar-refractivity contribution in [2.45, 2.75) is 31.5 Å². The first-order chi connectivity index (χ1) is 9.80. The Balaban J connectivity index is 2.62. The first-order valence-electron chi connectivity index (χ1n) is 6.38. The highest BCUT2D eigenvalue weighted by molar-refractivity contribution is 7.55. The van der Waals surface area contributed by atoms with Gasteiger partial charge in [-0.05, 0) is 18.4 Å². The topological polar surface area (TPSA) is 124 Å². The predicted molar refractivity (Wildman–Crippen MR) is 76.0 cm³/mol. The van der Waals surface area contributed by atoms with Crippen molar-refractivity contribution in [1.29, 1.82) is 0 Å². The van der Waals surface area contributed by atoms with Gasteiger partial charge in [0.2, 0.25) is 0 Å². The van der Waals surface area contributed by atoms with Crippen LogP contribution in [-0.4, -0.2) is 33.1 Å². The highest BCUT2D eigenvalue weighted by atomic mass is 31.2. The summed E-state index contributed by atoms with van der Waals surface area (Å²) in [5.74, 6) is -2.31. The monoisotopic (exact) mass is 315 g/mol. The molecule has 0 saturated carbocycles. The minimum Gasteiger partial charge on any atom is -0.481 e. The zero-order valence-electron chi connectivity index (χ0n) is 11.3. The van der Waals surface area contributed by atoms with Crippen LogP contribution in [0.15, 0.2) is 30.3 Å². The van der Waals surface area contributed by atoms with Crippen LogP contribution in [0.4, 0.5) is 0 Å². The molecule has 0 aliphatic heterocycles. The van der Waals surface area contributed by atoms with Crippen LogP contribution in [0.3, 0.4) is 0 Å². The van der Waals surface area contributed by atoms with Crippen molar-refractivity contribution in [2.24, 2.45) is 0 Å². The van der Waals surface area contributed by atoms with E-state index in [9.17, 15) is 19.0 Å². The summed E-state index contributed by atoms with van der Waals surface area (Å²) in [6, 6.07) is 7.30. The van der Waals surface area contributed by atoms with Crippen LogP contribution < -0.4 is 5.09 Å². The van der Waals surface area contributed by atoms with Crippen molar-refractivity contribution in [3.05, 3.63) is 35.9 Å². The van der Waals surface area contributed by atoms with E-state index in [-0.39, 0.29) is 25.4 Å². The van der Waals surface area contributed by atoms with Crippen molar-refractivity contribution < 1.29 is 29.3 Å². The van der Waals surface area contributed by atoms with E-state index in [1.54, 1.807) is 30.3 Å². The standard InChI is InChI=1S/C13H18NO6P/c15-12(16)8-4-7-11(13(17)18)14-21(19,20)9-10-5-2-1-3-6-10/h1-3,5-6,11H,4,7-9H2,(H,15,16)(H,17,18)(H2,14,19,20). The van der Waals surface area contributed by atoms with Gasteiger partial charge in [-0.15, -0.1) is 0 Å². The van der Waals surface area contributed by atoms with Gasteiger partial charge in [0.1, 0.15) is 6.04 Å². The van der Waals surface area contributed by atoms with Gasteiger partial charge in [-0.3, -0.25) is 14.2 Å². The third-order valence-corrected chi connectivity index (χ3v) is 4.29. The van der Waals surface area contributed by atoms with Crippen LogP contribution in [0.1, 0.15) is 24.8 Å². The molecule has 0 aliphatic carbocycles. The molecule has 116 valence electrons. The first kappa shape index (κ1) is 17.4. The average Bonchev–Trinajstić information content (AvgIpc) is 2.37. The molecule has 4 N–H and O–H groups in total. The minimum absolute atomic E-state index is 0.0268. The zero-order chi connectivity index (χ0) is 15.9. The van der Waals surface area contributed by atoms with Gasteiger partial charge >= 0.3 is 11.9 Å². The van der Waals surface area contributed by atoms with Crippen molar-refractivity contribution >= 4 is 19.5 Å². The summed E-state index contributed by atoms with van der Waals surface area (Å²) in [5.41, 5.74) is 0.616. The Labute approximate surface area is 122 Å². The van der Waals surface area contributed by atoms with Crippen LogP contribution >= 0.6 is 7.52 Å². The second-order valence-corrected chi connectivity index (χ2v) is 6.63. The predicted octanol–water partition coefficient (Wildman–Crippen LogP) is 1.67. The third kappa shape index (κ3) is 7.04. The number of carbonyl (C=O) groups is 2. The molecular weight excluding hydrogens is 297 g/mol. The maximum atomic E-state index is 12.1. The van der Waals surface area contributed by atoms with Gasteiger partial charge in [0.25, 0.3) is 7.52 Å². The molecule has 0 aromatic heterocycles. The van der Waals surface area contributed by atoms with E-state index < -0.39 is 25.5 Å². The molecular formula is C13H18NO6P. The second kappa shape index (κ2) is 7.93. The summed E-state index contributed by atoms with van der Waals surface area (Å²) in [4.78, 5) is 31.3. The number of rotatable bonds is 9. The van der Waals surface area contributed by atoms with Gasteiger partial charge < -0.3 is 15.1 Å². The molecule has 1 aromatic rings. The summed E-state index contributed by atoms with van der Waals surface area (Å²) >= 11 is 0. The lowest BCUT2D eigenvalue weighted by atomic mass is 10.1. The normalized spacial score (nSPS) is 15.1. The number of hydrogen-bond acceptors (Lipinski definition) is 3. The molecule has 1 rings (SSSR count). The largest absolute Gasteiger partial charge is 0.481 e. The number of nitrogens with one attached hydrogen (secondary N) is 1. The molecule has 2 unspecified atom stereocenters. The summed E-state index contributed by atoms with van der Waals surface area (Å²) in [6.07, 6.45) is -0.276. The number of carboxylic acid groups (broad SMARTS) is 2. The zero-order valence-corrected chi connectivity index (χ0v) is 12.2. The Morgan fingerprint density at radius 1 is 1.19 bits per heavy atom. The van der Waals surface area contributed by atoms with Crippen LogP contribution in [-0.2, 0) is 20.3 Å². The molecule has 1 aromatic carbocycles. The van der Waals surface area contributed by atoms with Crippen molar-refractivity contribution in [3.8, 4) is 0 Å². The maximum Gasteiger partial charge on any atom is 0.321 e. The molecule has 0 amide bonds. The first-order valence-corrected chi connectivity index (χ1v) is 8.23. The van der Waals surface area contributed by atoms with Crippen LogP contribution in [0.2, 0.25) is 0 Å². The van der Waals surface area contributed by atoms with Crippen LogP contribution in [0, 0.1) is 0 Å². The number of benzene rings is 1. The van der Waals surface area contributed by atoms with Gasteiger partial charge in [-0.2, -0.15) is 0 Å². The Hall–Kier alpha value is -1.69. The van der Waals surface area contributed by atoms with E-state index in [0.29, 0.717) is 5.56 Å². The molecule has 2 atom stereocenters. The van der Waals surface area contributed by atoms with Crippen LogP contribution in [0.5, 0.6) is 0 Å². The average molecular weight is 315 g/mol. The fourth-order valence-electron chi connectivity index (χ4n) is 1.82. The lowest BCUT2D eigenvalue weighted by molar-refractivity contribution is -0.140. The fourth-order valence-corrected chi connectivity index (χ4v) is 3.34. The molecule has 0 radical (unpaired) electrons. The lowest BCUT2D eigenvalue weighted by Crippen LogP contribution is -2.34. The SMILES string of the molecule is O=C(O)CCCC(NP(=O)(O)Cc1ccccc1)C(=O)O. The van der Waals surface area contributed by atoms with Gasteiger partial charge in [-0.25, -0.2) is 5.09 Å². The Bertz CT molecular complexity index is 533. The van der Waals surface area contributed by atoms with Gasteiger partial charge in [0, 0.05) is 6.42 Å². The fraction of sp³-hybridized carbons (Fsp3) is 0.385. The van der Waals surface area contributed by atoms with Crippen molar-refractivity contribution in [1.82, 2.24) is 5.09 Å². The van der Waals surface area contributed by atoms with E-state index in [1.165, 1.54) is 0 Å². The molecule has 0 bridgehead atoms. The molecule has 0 aliphatic rings. The Kier molecular flexibility index (Phi) is 6.55. The quantitative estimate of drug-likeness (QED) is 0.511. The van der Waals surface area contributed by atoms with E-state index in [4.69, 9.17) is 10.2 Å². The summed E-state index contributed by atoms with van der Waals surface area (Å²) < 4.78 is 12.1. The maximum absolute atomic E-state index is 12.1. The number of aliphatic carboxylic acids is 2. The lowest BCUT2D eigenvalue weighted by Gasteiger charge is -2.19. The third-order valence-electron chi connectivity index (χ3n) is 2.78. The van der Waals surface area contributed by atoms with Gasteiger partial charge in [0.05, 0.1) is 6.16 Å². The van der Waals surface area contributed by atoms with E-state index in [0.717, 1.165) is 0 Å². The summed E-state index contributed by atoms with van der Waals surface area (Å²) in [7, 11) is -3.87. The highest BCUT2D eigenvalue weighted by Gasteiger charge is 2.27. The number of hydrogen-bond donors (Lipinski definition) is 4. The van der Waals surface area contributed by atoms with Crippen molar-refractivity contribution in [2.75, 3.05) is 0 Å². The molecule has 0 heterocycles. The van der Waals surface area contributed by atoms with E-state index in [1.807, 2.05) is 0 Å². The molecule has 8 heteroatoms.